The van der Waals surface area contributed by atoms with Crippen molar-refractivity contribution in [2.45, 2.75) is 19.6 Å². The number of anilines is 1. The van der Waals surface area contributed by atoms with E-state index in [0.717, 1.165) is 30.6 Å². The van der Waals surface area contributed by atoms with Gasteiger partial charge >= 0.3 is 5.97 Å². The molecule has 132 valence electrons. The average molecular weight is 351 g/mol. The molecular weight excluding hydrogens is 334 g/mol. The smallest absolute Gasteiger partial charge is 0.343 e. The van der Waals surface area contributed by atoms with Crippen LogP contribution in [0.15, 0.2) is 47.4 Å². The van der Waals surface area contributed by atoms with Gasteiger partial charge in [-0.25, -0.2) is 9.78 Å². The predicted molar refractivity (Wildman–Crippen MR) is 94.9 cm³/mol. The van der Waals surface area contributed by atoms with E-state index in [9.17, 15) is 9.59 Å². The highest BCUT2D eigenvalue weighted by Gasteiger charge is 2.21. The molecule has 8 nitrogen and oxygen atoms in total. The number of pyridine rings is 1. The van der Waals surface area contributed by atoms with Crippen LogP contribution < -0.4 is 10.5 Å². The van der Waals surface area contributed by atoms with E-state index < -0.39 is 5.97 Å². The number of hydrogen-bond acceptors (Lipinski definition) is 7. The van der Waals surface area contributed by atoms with Crippen LogP contribution in [0.2, 0.25) is 0 Å². The minimum Gasteiger partial charge on any atom is -0.438 e. The molecule has 1 fully saturated rings. The summed E-state index contributed by atoms with van der Waals surface area (Å²) in [5.41, 5.74) is 0.536. The van der Waals surface area contributed by atoms with Gasteiger partial charge in [0.25, 0.3) is 5.56 Å². The molecular formula is C18H17N5O3. The summed E-state index contributed by atoms with van der Waals surface area (Å²) in [6.45, 7) is 1.43. The van der Waals surface area contributed by atoms with E-state index in [0.29, 0.717) is 22.3 Å². The summed E-state index contributed by atoms with van der Waals surface area (Å²) in [6.07, 6.45) is 3.81. The van der Waals surface area contributed by atoms with Crippen molar-refractivity contribution in [2.24, 2.45) is 0 Å². The quantitative estimate of drug-likeness (QED) is 0.660. The van der Waals surface area contributed by atoms with Crippen LogP contribution in [0.5, 0.6) is 0 Å². The number of hydrogen-bond donors (Lipinski definition) is 0. The number of rotatable bonds is 4. The number of nitrogens with zero attached hydrogens (tertiary/aromatic N) is 5. The molecule has 3 heterocycles. The first-order chi connectivity index (χ1) is 12.7. The van der Waals surface area contributed by atoms with Gasteiger partial charge < -0.3 is 9.64 Å². The largest absolute Gasteiger partial charge is 0.438 e. The van der Waals surface area contributed by atoms with E-state index >= 15 is 0 Å². The molecule has 1 saturated heterocycles. The van der Waals surface area contributed by atoms with Gasteiger partial charge in [-0.05, 0) is 37.1 Å². The van der Waals surface area contributed by atoms with Crippen LogP contribution in [-0.2, 0) is 11.5 Å². The third kappa shape index (κ3) is 3.01. The van der Waals surface area contributed by atoms with Crippen molar-refractivity contribution in [3.05, 3.63) is 58.5 Å². The molecule has 1 aliphatic heterocycles. The van der Waals surface area contributed by atoms with E-state index in [2.05, 4.69) is 20.2 Å². The third-order valence-corrected chi connectivity index (χ3v) is 4.36. The minimum absolute atomic E-state index is 0.302. The van der Waals surface area contributed by atoms with Crippen LogP contribution in [0, 0.1) is 0 Å². The second-order valence-corrected chi connectivity index (χ2v) is 6.04. The number of esters is 1. The van der Waals surface area contributed by atoms with Crippen LogP contribution in [0.4, 0.5) is 5.82 Å². The summed E-state index contributed by atoms with van der Waals surface area (Å²) in [5, 5.41) is 8.23. The molecule has 0 atom stereocenters. The van der Waals surface area contributed by atoms with Gasteiger partial charge in [0.1, 0.15) is 16.9 Å². The third-order valence-electron chi connectivity index (χ3n) is 4.36. The summed E-state index contributed by atoms with van der Waals surface area (Å²) >= 11 is 0. The van der Waals surface area contributed by atoms with E-state index in [-0.39, 0.29) is 12.3 Å². The van der Waals surface area contributed by atoms with Crippen LogP contribution >= 0.6 is 0 Å². The van der Waals surface area contributed by atoms with E-state index in [4.69, 9.17) is 4.74 Å². The second-order valence-electron chi connectivity index (χ2n) is 6.04. The fraction of sp³-hybridized carbons (Fsp3) is 0.278. The van der Waals surface area contributed by atoms with Crippen LogP contribution in [0.1, 0.15) is 23.2 Å². The lowest BCUT2D eigenvalue weighted by molar-refractivity contribution is 0.0336. The van der Waals surface area contributed by atoms with Gasteiger partial charge in [0.15, 0.2) is 6.73 Å². The first-order valence-corrected chi connectivity index (χ1v) is 8.44. The van der Waals surface area contributed by atoms with Crippen molar-refractivity contribution in [2.75, 3.05) is 18.0 Å². The maximum Gasteiger partial charge on any atom is 0.343 e. The fourth-order valence-electron chi connectivity index (χ4n) is 3.04. The van der Waals surface area contributed by atoms with E-state index in [1.54, 1.807) is 42.6 Å². The van der Waals surface area contributed by atoms with Gasteiger partial charge in [0.05, 0.1) is 5.39 Å². The summed E-state index contributed by atoms with van der Waals surface area (Å²) in [7, 11) is 0. The molecule has 0 bridgehead atoms. The zero-order valence-electron chi connectivity index (χ0n) is 14.0. The van der Waals surface area contributed by atoms with Crippen LogP contribution in [0.25, 0.3) is 10.9 Å². The SMILES string of the molecule is O=C(OCn1nnc2ccccc2c1=O)c1cccnc1N1CCCC1. The molecule has 0 spiro atoms. The van der Waals surface area contributed by atoms with Crippen molar-refractivity contribution in [1.82, 2.24) is 20.0 Å². The molecule has 0 unspecified atom stereocenters. The molecule has 0 aliphatic carbocycles. The topological polar surface area (TPSA) is 90.2 Å². The lowest BCUT2D eigenvalue weighted by Crippen LogP contribution is -2.27. The van der Waals surface area contributed by atoms with Crippen molar-refractivity contribution in [3.8, 4) is 0 Å². The zero-order valence-corrected chi connectivity index (χ0v) is 14.0. The minimum atomic E-state index is -0.540. The Morgan fingerprint density at radius 1 is 1.12 bits per heavy atom. The molecule has 0 saturated carbocycles. The summed E-state index contributed by atoms with van der Waals surface area (Å²) in [4.78, 5) is 31.3. The molecule has 4 rings (SSSR count). The summed E-state index contributed by atoms with van der Waals surface area (Å²) < 4.78 is 6.33. The molecule has 0 amide bonds. The first kappa shape index (κ1) is 16.2. The molecule has 8 heteroatoms. The monoisotopic (exact) mass is 351 g/mol. The van der Waals surface area contributed by atoms with Crippen molar-refractivity contribution in [3.63, 3.8) is 0 Å². The molecule has 1 aromatic carbocycles. The van der Waals surface area contributed by atoms with Crippen LogP contribution in [-0.4, -0.2) is 39.0 Å². The maximum absolute atomic E-state index is 12.5. The Bertz CT molecular complexity index is 1010. The first-order valence-electron chi connectivity index (χ1n) is 8.44. The predicted octanol–water partition coefficient (Wildman–Crippen LogP) is 1.60. The molecule has 1 aliphatic rings. The summed E-state index contributed by atoms with van der Waals surface area (Å²) in [6, 6.07) is 10.3. The van der Waals surface area contributed by atoms with Crippen molar-refractivity contribution < 1.29 is 9.53 Å². The van der Waals surface area contributed by atoms with Gasteiger partial charge in [0.2, 0.25) is 0 Å². The van der Waals surface area contributed by atoms with Crippen molar-refractivity contribution >= 4 is 22.7 Å². The highest BCUT2D eigenvalue weighted by molar-refractivity contribution is 5.94. The van der Waals surface area contributed by atoms with Gasteiger partial charge in [0, 0.05) is 19.3 Å². The fourth-order valence-corrected chi connectivity index (χ4v) is 3.04. The van der Waals surface area contributed by atoms with Gasteiger partial charge in [-0.3, -0.25) is 4.79 Å². The Balaban J connectivity index is 1.55. The highest BCUT2D eigenvalue weighted by atomic mass is 16.5. The standard InChI is InChI=1S/C18H17N5O3/c24-17-13-6-1-2-8-15(13)20-21-23(17)12-26-18(25)14-7-5-9-19-16(14)22-10-3-4-11-22/h1-2,5-9H,3-4,10-12H2. The Morgan fingerprint density at radius 3 is 2.77 bits per heavy atom. The lowest BCUT2D eigenvalue weighted by Gasteiger charge is -2.18. The number of fused-ring (bicyclic) bond motifs is 1. The number of benzene rings is 1. The highest BCUT2D eigenvalue weighted by Crippen LogP contribution is 2.22. The lowest BCUT2D eigenvalue weighted by atomic mass is 10.2. The van der Waals surface area contributed by atoms with Gasteiger partial charge in [-0.2, -0.15) is 4.68 Å². The average Bonchev–Trinajstić information content (AvgIpc) is 3.22. The van der Waals surface area contributed by atoms with Crippen LogP contribution in [0.3, 0.4) is 0 Å². The maximum atomic E-state index is 12.5. The molecule has 3 aromatic rings. The Morgan fingerprint density at radius 2 is 1.92 bits per heavy atom. The molecule has 0 radical (unpaired) electrons. The van der Waals surface area contributed by atoms with E-state index in [1.165, 1.54) is 0 Å². The summed E-state index contributed by atoms with van der Waals surface area (Å²) in [5.74, 6) is 0.0776. The second kappa shape index (κ2) is 6.91. The zero-order chi connectivity index (χ0) is 17.9. The molecule has 2 aromatic heterocycles. The van der Waals surface area contributed by atoms with Crippen molar-refractivity contribution in [1.29, 1.82) is 0 Å². The number of carbonyl (C=O) groups excluding carboxylic acids is 1. The number of aromatic nitrogens is 4. The number of ether oxygens (including phenoxy) is 1. The molecule has 26 heavy (non-hydrogen) atoms. The van der Waals surface area contributed by atoms with Gasteiger partial charge in [-0.1, -0.05) is 17.3 Å². The Hall–Kier alpha value is -3.29. The number of carbonyl (C=O) groups is 1. The van der Waals surface area contributed by atoms with E-state index in [1.807, 2.05) is 0 Å². The Labute approximate surface area is 149 Å². The molecule has 0 N–H and O–H groups in total. The van der Waals surface area contributed by atoms with Gasteiger partial charge in [-0.15, -0.1) is 5.10 Å². The Kier molecular flexibility index (Phi) is 4.30. The normalized spacial score (nSPS) is 13.9.